The molecule has 0 fully saturated rings. The number of carbonyl (C=O) groups excluding carboxylic acids is 1. The van der Waals surface area contributed by atoms with Gasteiger partial charge in [-0.15, -0.1) is 0 Å². The summed E-state index contributed by atoms with van der Waals surface area (Å²) >= 11 is 3.44. The SMILES string of the molecule is CCOC(=O)c1cc(C2=C(c3cc(Br)ccc3OCc3ccc(F)cc3F)CCC2)cnc1C(F)(F)F. The first-order valence-corrected chi connectivity index (χ1v) is 12.2. The number of benzene rings is 2. The van der Waals surface area contributed by atoms with Gasteiger partial charge in [-0.05, 0) is 79.3 Å². The molecule has 1 aliphatic rings. The number of hydrogen-bond donors (Lipinski definition) is 0. The van der Waals surface area contributed by atoms with Crippen LogP contribution in [0.3, 0.4) is 0 Å². The molecule has 0 radical (unpaired) electrons. The molecule has 0 unspecified atom stereocenters. The third kappa shape index (κ3) is 6.01. The Morgan fingerprint density at radius 3 is 2.51 bits per heavy atom. The van der Waals surface area contributed by atoms with E-state index in [1.807, 2.05) is 0 Å². The van der Waals surface area contributed by atoms with Crippen molar-refractivity contribution in [2.24, 2.45) is 0 Å². The maximum absolute atomic E-state index is 14.1. The highest BCUT2D eigenvalue weighted by molar-refractivity contribution is 9.10. The van der Waals surface area contributed by atoms with E-state index < -0.39 is 35.0 Å². The summed E-state index contributed by atoms with van der Waals surface area (Å²) in [4.78, 5) is 15.9. The molecule has 4 rings (SSSR count). The first-order chi connectivity index (χ1) is 17.6. The summed E-state index contributed by atoms with van der Waals surface area (Å²) in [6.07, 6.45) is -1.85. The minimum atomic E-state index is -4.82. The molecular weight excluding hydrogens is 561 g/mol. The fourth-order valence-corrected chi connectivity index (χ4v) is 4.60. The van der Waals surface area contributed by atoms with Crippen molar-refractivity contribution in [2.75, 3.05) is 6.61 Å². The van der Waals surface area contributed by atoms with Crippen LogP contribution in [0.4, 0.5) is 22.0 Å². The number of alkyl halides is 3. The van der Waals surface area contributed by atoms with Crippen LogP contribution in [-0.4, -0.2) is 17.6 Å². The van der Waals surface area contributed by atoms with Gasteiger partial charge in [-0.1, -0.05) is 15.9 Å². The number of aromatic nitrogens is 1. The summed E-state index contributed by atoms with van der Waals surface area (Å²) in [7, 11) is 0. The zero-order valence-corrected chi connectivity index (χ0v) is 21.2. The molecular formula is C27H21BrF5NO3. The van der Waals surface area contributed by atoms with Crippen LogP contribution in [0.15, 0.2) is 53.1 Å². The normalized spacial score (nSPS) is 13.7. The highest BCUT2D eigenvalue weighted by Crippen LogP contribution is 2.44. The molecule has 0 aliphatic heterocycles. The molecule has 4 nitrogen and oxygen atoms in total. The number of nitrogens with zero attached hydrogens (tertiary/aromatic N) is 1. The Morgan fingerprint density at radius 1 is 1.05 bits per heavy atom. The number of hydrogen-bond acceptors (Lipinski definition) is 4. The average molecular weight is 582 g/mol. The molecule has 3 aromatic rings. The third-order valence-electron chi connectivity index (χ3n) is 5.88. The zero-order chi connectivity index (χ0) is 26.7. The number of pyridine rings is 1. The number of ether oxygens (including phenoxy) is 2. The van der Waals surface area contributed by atoms with Crippen LogP contribution >= 0.6 is 15.9 Å². The minimum absolute atomic E-state index is 0.0817. The number of allylic oxidation sites excluding steroid dienone is 2. The Kier molecular flexibility index (Phi) is 7.96. The van der Waals surface area contributed by atoms with Crippen molar-refractivity contribution in [3.8, 4) is 5.75 Å². The second-order valence-corrected chi connectivity index (χ2v) is 9.23. The monoisotopic (exact) mass is 581 g/mol. The molecule has 0 spiro atoms. The van der Waals surface area contributed by atoms with Gasteiger partial charge in [-0.25, -0.2) is 13.6 Å². The summed E-state index contributed by atoms with van der Waals surface area (Å²) < 4.78 is 79.4. The molecule has 37 heavy (non-hydrogen) atoms. The van der Waals surface area contributed by atoms with E-state index in [4.69, 9.17) is 9.47 Å². The Hall–Kier alpha value is -3.27. The van der Waals surface area contributed by atoms with E-state index in [-0.39, 0.29) is 18.8 Å². The topological polar surface area (TPSA) is 48.4 Å². The van der Waals surface area contributed by atoms with Crippen LogP contribution in [0.5, 0.6) is 5.75 Å². The molecule has 0 amide bonds. The zero-order valence-electron chi connectivity index (χ0n) is 19.6. The van der Waals surface area contributed by atoms with Gasteiger partial charge in [0.25, 0.3) is 0 Å². The van der Waals surface area contributed by atoms with Crippen LogP contribution in [0.25, 0.3) is 11.1 Å². The van der Waals surface area contributed by atoms with Gasteiger partial charge in [0.05, 0.1) is 12.2 Å². The summed E-state index contributed by atoms with van der Waals surface area (Å²) in [5.41, 5.74) is 0.795. The first-order valence-electron chi connectivity index (χ1n) is 11.4. The van der Waals surface area contributed by atoms with Gasteiger partial charge in [-0.3, -0.25) is 4.98 Å². The van der Waals surface area contributed by atoms with Crippen LogP contribution in [0.1, 0.15) is 58.9 Å². The molecule has 0 saturated carbocycles. The van der Waals surface area contributed by atoms with Gasteiger partial charge in [-0.2, -0.15) is 13.2 Å². The van der Waals surface area contributed by atoms with Gasteiger partial charge in [0.2, 0.25) is 0 Å². The lowest BCUT2D eigenvalue weighted by atomic mass is 9.96. The van der Waals surface area contributed by atoms with Gasteiger partial charge < -0.3 is 9.47 Å². The quantitative estimate of drug-likeness (QED) is 0.209. The van der Waals surface area contributed by atoms with E-state index >= 15 is 0 Å². The van der Waals surface area contributed by atoms with E-state index in [1.165, 1.54) is 19.1 Å². The summed E-state index contributed by atoms with van der Waals surface area (Å²) in [5, 5.41) is 0. The van der Waals surface area contributed by atoms with Crippen molar-refractivity contribution in [1.82, 2.24) is 4.98 Å². The van der Waals surface area contributed by atoms with E-state index in [0.29, 0.717) is 29.7 Å². The van der Waals surface area contributed by atoms with E-state index in [0.717, 1.165) is 40.4 Å². The third-order valence-corrected chi connectivity index (χ3v) is 6.38. The van der Waals surface area contributed by atoms with Gasteiger partial charge in [0, 0.05) is 27.9 Å². The lowest BCUT2D eigenvalue weighted by molar-refractivity contribution is -0.141. The lowest BCUT2D eigenvalue weighted by Gasteiger charge is -2.17. The summed E-state index contributed by atoms with van der Waals surface area (Å²) in [6.45, 7) is 1.27. The van der Waals surface area contributed by atoms with Crippen molar-refractivity contribution in [1.29, 1.82) is 0 Å². The Balaban J connectivity index is 1.75. The smallest absolute Gasteiger partial charge is 0.434 e. The van der Waals surface area contributed by atoms with E-state index in [2.05, 4.69) is 20.9 Å². The van der Waals surface area contributed by atoms with Crippen LogP contribution in [-0.2, 0) is 17.5 Å². The molecule has 1 aliphatic carbocycles. The maximum Gasteiger partial charge on any atom is 0.434 e. The fourth-order valence-electron chi connectivity index (χ4n) is 4.24. The Morgan fingerprint density at radius 2 is 1.81 bits per heavy atom. The number of halogens is 6. The first kappa shape index (κ1) is 26.8. The molecule has 1 aromatic heterocycles. The van der Waals surface area contributed by atoms with Crippen molar-refractivity contribution < 1.29 is 36.2 Å². The standard InChI is InChI=1S/C27H21BrF5NO3/c1-2-36-26(35)22-10-16(13-34-25(22)27(31,32)33)19-4-3-5-20(19)21-11-17(28)7-9-24(21)37-14-15-6-8-18(29)12-23(15)30/h6-13H,2-5,14H2,1H3. The van der Waals surface area contributed by atoms with Crippen molar-refractivity contribution in [2.45, 2.75) is 39.0 Å². The second kappa shape index (κ2) is 11.0. The van der Waals surface area contributed by atoms with Gasteiger partial charge in [0.15, 0.2) is 5.69 Å². The van der Waals surface area contributed by atoms with Crippen molar-refractivity contribution in [3.05, 3.63) is 92.7 Å². The largest absolute Gasteiger partial charge is 0.488 e. The molecule has 2 aromatic carbocycles. The van der Waals surface area contributed by atoms with Crippen LogP contribution < -0.4 is 4.74 Å². The highest BCUT2D eigenvalue weighted by Gasteiger charge is 2.38. The predicted octanol–water partition coefficient (Wildman–Crippen LogP) is 7.99. The highest BCUT2D eigenvalue weighted by atomic mass is 79.9. The second-order valence-electron chi connectivity index (χ2n) is 8.31. The molecule has 0 atom stereocenters. The molecule has 0 bridgehead atoms. The molecule has 194 valence electrons. The van der Waals surface area contributed by atoms with Crippen LogP contribution in [0, 0.1) is 11.6 Å². The molecule has 1 heterocycles. The Bertz CT molecular complexity index is 1370. The number of rotatable bonds is 7. The molecule has 10 heteroatoms. The predicted molar refractivity (Wildman–Crippen MR) is 131 cm³/mol. The number of carbonyl (C=O) groups is 1. The maximum atomic E-state index is 14.1. The fraction of sp³-hybridized carbons (Fsp3) is 0.259. The van der Waals surface area contributed by atoms with Crippen molar-refractivity contribution in [3.63, 3.8) is 0 Å². The molecule has 0 saturated heterocycles. The minimum Gasteiger partial charge on any atom is -0.488 e. The summed E-state index contributed by atoms with van der Waals surface area (Å²) in [6, 6.07) is 9.63. The molecule has 0 N–H and O–H groups in total. The Labute approximate surface area is 218 Å². The average Bonchev–Trinajstić information content (AvgIpc) is 3.33. The van der Waals surface area contributed by atoms with Crippen molar-refractivity contribution >= 4 is 33.0 Å². The lowest BCUT2D eigenvalue weighted by Crippen LogP contribution is -2.17. The van der Waals surface area contributed by atoms with Gasteiger partial charge >= 0.3 is 12.1 Å². The van der Waals surface area contributed by atoms with E-state index in [9.17, 15) is 26.7 Å². The van der Waals surface area contributed by atoms with Crippen LogP contribution in [0.2, 0.25) is 0 Å². The van der Waals surface area contributed by atoms with E-state index in [1.54, 1.807) is 18.2 Å². The summed E-state index contributed by atoms with van der Waals surface area (Å²) in [5.74, 6) is -2.11. The van der Waals surface area contributed by atoms with Gasteiger partial charge in [0.1, 0.15) is 24.0 Å². The number of esters is 1.